The van der Waals surface area contributed by atoms with Gasteiger partial charge in [0.2, 0.25) is 5.75 Å². The second-order valence-electron chi connectivity index (χ2n) is 5.93. The molecule has 0 saturated heterocycles. The van der Waals surface area contributed by atoms with Crippen molar-refractivity contribution >= 4 is 5.71 Å². The summed E-state index contributed by atoms with van der Waals surface area (Å²) in [7, 11) is 6.33. The minimum absolute atomic E-state index is 0.0576. The standard InChI is InChI=1S/C20H23NO5/c1-23-14-5-6-16(24-2)13(9-14)10-15-18-12(7-8-21-15)11-17(25-3)20(26-4)19(18)22/h5-6,9,11,22H,7-8,10H2,1-4H3. The Kier molecular flexibility index (Phi) is 5.21. The normalized spacial score (nSPS) is 12.8. The van der Waals surface area contributed by atoms with Crippen LogP contribution >= 0.6 is 0 Å². The fraction of sp³-hybridized carbons (Fsp3) is 0.350. The number of phenols is 1. The molecule has 0 amide bonds. The van der Waals surface area contributed by atoms with Gasteiger partial charge in [-0.1, -0.05) is 0 Å². The van der Waals surface area contributed by atoms with Gasteiger partial charge in [-0.3, -0.25) is 4.99 Å². The number of fused-ring (bicyclic) bond motifs is 1. The molecule has 3 rings (SSSR count). The van der Waals surface area contributed by atoms with Crippen LogP contribution in [0.15, 0.2) is 29.3 Å². The molecule has 1 aliphatic heterocycles. The summed E-state index contributed by atoms with van der Waals surface area (Å²) in [6.07, 6.45) is 1.25. The molecule has 0 fully saturated rings. The Balaban J connectivity index is 2.06. The summed E-state index contributed by atoms with van der Waals surface area (Å²) >= 11 is 0. The highest BCUT2D eigenvalue weighted by atomic mass is 16.5. The Morgan fingerprint density at radius 1 is 0.962 bits per heavy atom. The molecule has 0 spiro atoms. The Hall–Kier alpha value is -2.89. The van der Waals surface area contributed by atoms with Gasteiger partial charge in [0.1, 0.15) is 11.5 Å². The van der Waals surface area contributed by atoms with Gasteiger partial charge in [-0.25, -0.2) is 0 Å². The quantitative estimate of drug-likeness (QED) is 0.861. The van der Waals surface area contributed by atoms with Crippen LogP contribution in [0.2, 0.25) is 0 Å². The molecule has 1 N–H and O–H groups in total. The van der Waals surface area contributed by atoms with E-state index in [1.807, 2.05) is 24.3 Å². The number of hydrogen-bond donors (Lipinski definition) is 1. The topological polar surface area (TPSA) is 69.5 Å². The maximum absolute atomic E-state index is 10.8. The minimum Gasteiger partial charge on any atom is -0.504 e. The van der Waals surface area contributed by atoms with E-state index in [-0.39, 0.29) is 5.75 Å². The number of benzene rings is 2. The van der Waals surface area contributed by atoms with Crippen LogP contribution in [-0.2, 0) is 12.8 Å². The van der Waals surface area contributed by atoms with Crippen molar-refractivity contribution in [2.45, 2.75) is 12.8 Å². The molecule has 138 valence electrons. The number of rotatable bonds is 6. The van der Waals surface area contributed by atoms with Gasteiger partial charge in [-0.05, 0) is 36.2 Å². The largest absolute Gasteiger partial charge is 0.504 e. The van der Waals surface area contributed by atoms with Crippen LogP contribution < -0.4 is 18.9 Å². The maximum atomic E-state index is 10.8. The van der Waals surface area contributed by atoms with Gasteiger partial charge in [-0.2, -0.15) is 0 Å². The van der Waals surface area contributed by atoms with Gasteiger partial charge in [0, 0.05) is 24.1 Å². The summed E-state index contributed by atoms with van der Waals surface area (Å²) in [6, 6.07) is 7.55. The number of aliphatic imine (C=N–C) groups is 1. The van der Waals surface area contributed by atoms with Crippen molar-refractivity contribution in [3.8, 4) is 28.7 Å². The maximum Gasteiger partial charge on any atom is 0.203 e. The van der Waals surface area contributed by atoms with E-state index in [0.717, 1.165) is 34.8 Å². The number of hydrogen-bond acceptors (Lipinski definition) is 6. The van der Waals surface area contributed by atoms with Gasteiger partial charge in [0.05, 0.1) is 34.2 Å². The molecule has 0 bridgehead atoms. The van der Waals surface area contributed by atoms with Crippen LogP contribution in [0.25, 0.3) is 0 Å². The average molecular weight is 357 g/mol. The lowest BCUT2D eigenvalue weighted by molar-refractivity contribution is 0.332. The van der Waals surface area contributed by atoms with Crippen molar-refractivity contribution in [2.75, 3.05) is 35.0 Å². The van der Waals surface area contributed by atoms with Gasteiger partial charge < -0.3 is 24.1 Å². The molecule has 2 aromatic carbocycles. The second-order valence-corrected chi connectivity index (χ2v) is 5.93. The lowest BCUT2D eigenvalue weighted by Crippen LogP contribution is -2.17. The molecule has 26 heavy (non-hydrogen) atoms. The lowest BCUT2D eigenvalue weighted by atomic mass is 9.91. The summed E-state index contributed by atoms with van der Waals surface area (Å²) in [6.45, 7) is 0.656. The highest BCUT2D eigenvalue weighted by Crippen LogP contribution is 2.43. The molecular weight excluding hydrogens is 334 g/mol. The third-order valence-electron chi connectivity index (χ3n) is 4.54. The first kappa shape index (κ1) is 17.9. The summed E-state index contributed by atoms with van der Waals surface area (Å²) < 4.78 is 21.5. The van der Waals surface area contributed by atoms with E-state index in [0.29, 0.717) is 30.0 Å². The number of ether oxygens (including phenoxy) is 4. The summed E-state index contributed by atoms with van der Waals surface area (Å²) in [4.78, 5) is 4.65. The van der Waals surface area contributed by atoms with Gasteiger partial charge in [0.25, 0.3) is 0 Å². The molecule has 6 nitrogen and oxygen atoms in total. The summed E-state index contributed by atoms with van der Waals surface area (Å²) in [5.74, 6) is 2.39. The number of aromatic hydroxyl groups is 1. The van der Waals surface area contributed by atoms with E-state index < -0.39 is 0 Å². The fourth-order valence-electron chi connectivity index (χ4n) is 3.28. The summed E-state index contributed by atoms with van der Waals surface area (Å²) in [5.41, 5.74) is 3.43. The SMILES string of the molecule is COc1ccc(OC)c(CC2=NCCc3cc(OC)c(OC)c(O)c32)c1. The van der Waals surface area contributed by atoms with Crippen molar-refractivity contribution in [3.05, 3.63) is 41.0 Å². The second kappa shape index (κ2) is 7.56. The van der Waals surface area contributed by atoms with Crippen molar-refractivity contribution in [2.24, 2.45) is 4.99 Å². The molecule has 0 atom stereocenters. The number of methoxy groups -OCH3 is 4. The van der Waals surface area contributed by atoms with E-state index in [1.54, 1.807) is 21.3 Å². The molecule has 1 heterocycles. The first-order chi connectivity index (χ1) is 12.6. The minimum atomic E-state index is 0.0576. The Morgan fingerprint density at radius 2 is 1.73 bits per heavy atom. The molecule has 0 aliphatic carbocycles. The van der Waals surface area contributed by atoms with Crippen molar-refractivity contribution in [1.82, 2.24) is 0 Å². The number of phenolic OH excluding ortho intramolecular Hbond substituents is 1. The predicted octanol–water partition coefficient (Wildman–Crippen LogP) is 3.01. The zero-order chi connectivity index (χ0) is 18.7. The monoisotopic (exact) mass is 357 g/mol. The van der Waals surface area contributed by atoms with Crippen LogP contribution in [0.5, 0.6) is 28.7 Å². The smallest absolute Gasteiger partial charge is 0.203 e. The molecule has 0 unspecified atom stereocenters. The average Bonchev–Trinajstić information content (AvgIpc) is 2.67. The van der Waals surface area contributed by atoms with Crippen LogP contribution in [0.4, 0.5) is 0 Å². The molecule has 0 aromatic heterocycles. The van der Waals surface area contributed by atoms with Crippen molar-refractivity contribution in [3.63, 3.8) is 0 Å². The third kappa shape index (κ3) is 3.14. The first-order valence-electron chi connectivity index (χ1n) is 8.34. The zero-order valence-corrected chi connectivity index (χ0v) is 15.5. The van der Waals surface area contributed by atoms with Crippen LogP contribution in [0.1, 0.15) is 16.7 Å². The van der Waals surface area contributed by atoms with E-state index in [1.165, 1.54) is 7.11 Å². The number of nitrogens with zero attached hydrogens (tertiary/aromatic N) is 1. The predicted molar refractivity (Wildman–Crippen MR) is 99.6 cm³/mol. The van der Waals surface area contributed by atoms with Crippen LogP contribution in [0.3, 0.4) is 0 Å². The summed E-state index contributed by atoms with van der Waals surface area (Å²) in [5, 5.41) is 10.8. The van der Waals surface area contributed by atoms with E-state index >= 15 is 0 Å². The Morgan fingerprint density at radius 3 is 2.38 bits per heavy atom. The Bertz CT molecular complexity index is 845. The lowest BCUT2D eigenvalue weighted by Gasteiger charge is -2.22. The van der Waals surface area contributed by atoms with Gasteiger partial charge in [-0.15, -0.1) is 0 Å². The zero-order valence-electron chi connectivity index (χ0n) is 15.5. The third-order valence-corrected chi connectivity index (χ3v) is 4.54. The van der Waals surface area contributed by atoms with E-state index in [4.69, 9.17) is 18.9 Å². The highest BCUT2D eigenvalue weighted by molar-refractivity contribution is 6.07. The van der Waals surface area contributed by atoms with Crippen molar-refractivity contribution < 1.29 is 24.1 Å². The van der Waals surface area contributed by atoms with E-state index in [2.05, 4.69) is 4.99 Å². The van der Waals surface area contributed by atoms with Gasteiger partial charge >= 0.3 is 0 Å². The van der Waals surface area contributed by atoms with Gasteiger partial charge in [0.15, 0.2) is 11.5 Å². The first-order valence-corrected chi connectivity index (χ1v) is 8.34. The van der Waals surface area contributed by atoms with Crippen LogP contribution in [0, 0.1) is 0 Å². The fourth-order valence-corrected chi connectivity index (χ4v) is 3.28. The molecule has 0 radical (unpaired) electrons. The molecular formula is C20H23NO5. The highest BCUT2D eigenvalue weighted by Gasteiger charge is 2.25. The molecule has 6 heteroatoms. The van der Waals surface area contributed by atoms with Crippen molar-refractivity contribution in [1.29, 1.82) is 0 Å². The molecule has 0 saturated carbocycles. The Labute approximate surface area is 153 Å². The molecule has 1 aliphatic rings. The van der Waals surface area contributed by atoms with Crippen LogP contribution in [-0.4, -0.2) is 45.8 Å². The molecule has 2 aromatic rings. The van der Waals surface area contributed by atoms with E-state index in [9.17, 15) is 5.11 Å².